The van der Waals surface area contributed by atoms with E-state index in [2.05, 4.69) is 153 Å². The molecule has 9 rings (SSSR count). The molecule has 8 aromatic carbocycles. The third-order valence-electron chi connectivity index (χ3n) is 9.66. The second kappa shape index (κ2) is 9.56. The SMILES string of the molecule is Cc1cc(-c2c3ccccc3c(-c3cc4ccc5cccc6ccc(c3)c4c56)c3ccccc23)c(C)cc1C1=CCNC=C1. The maximum Gasteiger partial charge on any atom is 0.0334 e. The average Bonchev–Trinajstić information content (AvgIpc) is 3.07. The minimum Gasteiger partial charge on any atom is -0.387 e. The Hall–Kier alpha value is -5.40. The Labute approximate surface area is 257 Å². The summed E-state index contributed by atoms with van der Waals surface area (Å²) >= 11 is 0. The molecule has 0 aromatic heterocycles. The zero-order valence-electron chi connectivity index (χ0n) is 24.9. The van der Waals surface area contributed by atoms with Crippen LogP contribution in [0, 0.1) is 13.8 Å². The minimum atomic E-state index is 0.868. The van der Waals surface area contributed by atoms with Gasteiger partial charge in [-0.15, -0.1) is 0 Å². The summed E-state index contributed by atoms with van der Waals surface area (Å²) in [5, 5.41) is 16.4. The summed E-state index contributed by atoms with van der Waals surface area (Å²) in [6.07, 6.45) is 6.51. The molecule has 0 spiro atoms. The van der Waals surface area contributed by atoms with Gasteiger partial charge in [0.2, 0.25) is 0 Å². The molecule has 44 heavy (non-hydrogen) atoms. The molecule has 208 valence electrons. The van der Waals surface area contributed by atoms with Crippen LogP contribution in [0.2, 0.25) is 0 Å². The van der Waals surface area contributed by atoms with Crippen molar-refractivity contribution in [2.75, 3.05) is 6.54 Å². The highest BCUT2D eigenvalue weighted by Crippen LogP contribution is 2.46. The van der Waals surface area contributed by atoms with Crippen molar-refractivity contribution in [3.05, 3.63) is 150 Å². The molecule has 0 atom stereocenters. The molecule has 0 aliphatic carbocycles. The molecule has 0 fully saturated rings. The molecule has 0 saturated heterocycles. The first-order chi connectivity index (χ1) is 21.7. The van der Waals surface area contributed by atoms with Gasteiger partial charge in [0.15, 0.2) is 0 Å². The lowest BCUT2D eigenvalue weighted by molar-refractivity contribution is 0.975. The Morgan fingerprint density at radius 3 is 1.61 bits per heavy atom. The van der Waals surface area contributed by atoms with E-state index in [4.69, 9.17) is 0 Å². The van der Waals surface area contributed by atoms with Crippen molar-refractivity contribution in [1.82, 2.24) is 5.32 Å². The van der Waals surface area contributed by atoms with Crippen molar-refractivity contribution >= 4 is 59.4 Å². The summed E-state index contributed by atoms with van der Waals surface area (Å²) in [6.45, 7) is 5.38. The number of hydrogen-bond donors (Lipinski definition) is 1. The molecule has 0 unspecified atom stereocenters. The van der Waals surface area contributed by atoms with Crippen LogP contribution in [0.1, 0.15) is 16.7 Å². The number of allylic oxidation sites excluding steroid dienone is 2. The van der Waals surface area contributed by atoms with Crippen LogP contribution in [0.15, 0.2) is 134 Å². The molecule has 0 amide bonds. The summed E-state index contributed by atoms with van der Waals surface area (Å²) in [5.41, 5.74) is 10.4. The van der Waals surface area contributed by atoms with Gasteiger partial charge in [-0.05, 0) is 137 Å². The second-order valence-corrected chi connectivity index (χ2v) is 12.2. The molecule has 1 N–H and O–H groups in total. The smallest absolute Gasteiger partial charge is 0.0334 e. The third-order valence-corrected chi connectivity index (χ3v) is 9.66. The van der Waals surface area contributed by atoms with Crippen LogP contribution in [0.4, 0.5) is 0 Å². The van der Waals surface area contributed by atoms with E-state index in [1.165, 1.54) is 98.4 Å². The van der Waals surface area contributed by atoms with E-state index < -0.39 is 0 Å². The summed E-state index contributed by atoms with van der Waals surface area (Å²) < 4.78 is 0. The number of benzene rings is 8. The van der Waals surface area contributed by atoms with Crippen LogP contribution in [0.3, 0.4) is 0 Å². The van der Waals surface area contributed by atoms with Crippen molar-refractivity contribution in [2.45, 2.75) is 13.8 Å². The number of rotatable bonds is 3. The van der Waals surface area contributed by atoms with Crippen LogP contribution in [-0.4, -0.2) is 6.54 Å². The molecule has 1 aliphatic heterocycles. The Kier molecular flexibility index (Phi) is 5.46. The van der Waals surface area contributed by atoms with E-state index in [1.54, 1.807) is 0 Å². The van der Waals surface area contributed by atoms with E-state index in [9.17, 15) is 0 Å². The number of dihydropyridines is 1. The zero-order chi connectivity index (χ0) is 29.4. The molecule has 0 saturated carbocycles. The normalized spacial score (nSPS) is 13.4. The Bertz CT molecular complexity index is 2390. The topological polar surface area (TPSA) is 12.0 Å². The lowest BCUT2D eigenvalue weighted by Crippen LogP contribution is -2.08. The zero-order valence-corrected chi connectivity index (χ0v) is 24.9. The van der Waals surface area contributed by atoms with Crippen molar-refractivity contribution in [3.63, 3.8) is 0 Å². The highest BCUT2D eigenvalue weighted by molar-refractivity contribution is 6.26. The van der Waals surface area contributed by atoms with Gasteiger partial charge in [-0.2, -0.15) is 0 Å². The van der Waals surface area contributed by atoms with Crippen molar-refractivity contribution in [1.29, 1.82) is 0 Å². The minimum absolute atomic E-state index is 0.868. The van der Waals surface area contributed by atoms with E-state index in [1.807, 2.05) is 0 Å². The predicted molar refractivity (Wildman–Crippen MR) is 191 cm³/mol. The number of hydrogen-bond acceptors (Lipinski definition) is 1. The number of nitrogens with one attached hydrogen (secondary N) is 1. The summed E-state index contributed by atoms with van der Waals surface area (Å²) in [5.74, 6) is 0. The predicted octanol–water partition coefficient (Wildman–Crippen LogP) is 11.3. The van der Waals surface area contributed by atoms with Crippen molar-refractivity contribution in [3.8, 4) is 22.3 Å². The van der Waals surface area contributed by atoms with Gasteiger partial charge >= 0.3 is 0 Å². The van der Waals surface area contributed by atoms with Gasteiger partial charge in [0.25, 0.3) is 0 Å². The largest absolute Gasteiger partial charge is 0.387 e. The lowest BCUT2D eigenvalue weighted by Gasteiger charge is -2.21. The maximum atomic E-state index is 3.28. The van der Waals surface area contributed by atoms with Gasteiger partial charge in [-0.3, -0.25) is 0 Å². The van der Waals surface area contributed by atoms with Crippen LogP contribution in [-0.2, 0) is 0 Å². The second-order valence-electron chi connectivity index (χ2n) is 12.2. The molecule has 1 heteroatoms. The van der Waals surface area contributed by atoms with Gasteiger partial charge in [-0.1, -0.05) is 109 Å². The number of fused-ring (bicyclic) bond motifs is 2. The molecular weight excluding hydrogens is 530 g/mol. The van der Waals surface area contributed by atoms with Gasteiger partial charge < -0.3 is 5.32 Å². The van der Waals surface area contributed by atoms with Crippen molar-refractivity contribution < 1.29 is 0 Å². The Balaban J connectivity index is 1.34. The molecular formula is C43H31N. The van der Waals surface area contributed by atoms with Crippen LogP contribution < -0.4 is 5.32 Å². The molecule has 1 nitrogen and oxygen atoms in total. The fourth-order valence-electron chi connectivity index (χ4n) is 7.68. The van der Waals surface area contributed by atoms with E-state index in [-0.39, 0.29) is 0 Å². The van der Waals surface area contributed by atoms with E-state index >= 15 is 0 Å². The van der Waals surface area contributed by atoms with Gasteiger partial charge in [0.1, 0.15) is 0 Å². The maximum absolute atomic E-state index is 3.28. The first kappa shape index (κ1) is 25.1. The van der Waals surface area contributed by atoms with Gasteiger partial charge in [-0.25, -0.2) is 0 Å². The first-order valence-corrected chi connectivity index (χ1v) is 15.5. The standard InChI is InChI=1S/C43H31N/c1-26-23-39(27(2)22-38(26)28-18-20-44-21-19-28)43-36-12-5-3-10-34(36)42(35-11-4-6-13-37(35)43)33-24-31-16-14-29-8-7-9-30-15-17-32(25-33)41(31)40(29)30/h3-20,22-25,44H,21H2,1-2H3. The molecule has 1 heterocycles. The Morgan fingerprint density at radius 1 is 0.500 bits per heavy atom. The quantitative estimate of drug-likeness (QED) is 0.167. The Morgan fingerprint density at radius 2 is 1.02 bits per heavy atom. The number of aryl methyl sites for hydroxylation is 2. The summed E-state index contributed by atoms with van der Waals surface area (Å²) in [6, 6.07) is 43.4. The van der Waals surface area contributed by atoms with E-state index in [0.29, 0.717) is 0 Å². The van der Waals surface area contributed by atoms with E-state index in [0.717, 1.165) is 6.54 Å². The summed E-state index contributed by atoms with van der Waals surface area (Å²) in [7, 11) is 0. The average molecular weight is 562 g/mol. The first-order valence-electron chi connectivity index (χ1n) is 15.5. The molecule has 0 bridgehead atoms. The fourth-order valence-corrected chi connectivity index (χ4v) is 7.68. The monoisotopic (exact) mass is 561 g/mol. The van der Waals surface area contributed by atoms with Crippen LogP contribution in [0.25, 0.3) is 81.7 Å². The van der Waals surface area contributed by atoms with Crippen molar-refractivity contribution in [2.24, 2.45) is 0 Å². The highest BCUT2D eigenvalue weighted by atomic mass is 14.8. The molecule has 8 aromatic rings. The van der Waals surface area contributed by atoms with Crippen LogP contribution >= 0.6 is 0 Å². The lowest BCUT2D eigenvalue weighted by atomic mass is 9.82. The molecule has 1 aliphatic rings. The molecule has 0 radical (unpaired) electrons. The third kappa shape index (κ3) is 3.66. The summed E-state index contributed by atoms with van der Waals surface area (Å²) in [4.78, 5) is 0. The fraction of sp³-hybridized carbons (Fsp3) is 0.0698. The van der Waals surface area contributed by atoms with Crippen LogP contribution in [0.5, 0.6) is 0 Å². The van der Waals surface area contributed by atoms with Gasteiger partial charge in [0, 0.05) is 6.54 Å². The highest BCUT2D eigenvalue weighted by Gasteiger charge is 2.20. The van der Waals surface area contributed by atoms with Gasteiger partial charge in [0.05, 0.1) is 0 Å².